The second-order valence-corrected chi connectivity index (χ2v) is 7.59. The predicted molar refractivity (Wildman–Crippen MR) is 96.4 cm³/mol. The molecule has 0 aliphatic carbocycles. The Morgan fingerprint density at radius 3 is 2.81 bits per heavy atom. The van der Waals surface area contributed by atoms with Crippen LogP contribution in [-0.4, -0.2) is 45.5 Å². The van der Waals surface area contributed by atoms with E-state index in [4.69, 9.17) is 0 Å². The fourth-order valence-electron chi connectivity index (χ4n) is 3.08. The third-order valence-electron chi connectivity index (χ3n) is 4.48. The van der Waals surface area contributed by atoms with Gasteiger partial charge in [0.15, 0.2) is 5.13 Å². The molecule has 1 aliphatic heterocycles. The van der Waals surface area contributed by atoms with E-state index in [2.05, 4.69) is 10.3 Å². The first-order chi connectivity index (χ1) is 12.7. The van der Waals surface area contributed by atoms with Gasteiger partial charge in [-0.05, 0) is 18.6 Å². The second-order valence-electron chi connectivity index (χ2n) is 6.51. The number of likely N-dealkylation sites (tertiary alicyclic amines) is 1. The van der Waals surface area contributed by atoms with E-state index in [-0.39, 0.29) is 25.3 Å². The van der Waals surface area contributed by atoms with Gasteiger partial charge in [-0.25, -0.2) is 13.8 Å². The topological polar surface area (TPSA) is 82.5 Å². The number of anilines is 1. The molecule has 6 nitrogen and oxygen atoms in total. The molecule has 2 heterocycles. The van der Waals surface area contributed by atoms with Crippen LogP contribution in [0.2, 0.25) is 0 Å². The van der Waals surface area contributed by atoms with Gasteiger partial charge < -0.3 is 15.3 Å². The maximum Gasteiger partial charge on any atom is 0.249 e. The number of hydrogen-bond donors (Lipinski definition) is 2. The van der Waals surface area contributed by atoms with Gasteiger partial charge in [0.2, 0.25) is 11.8 Å². The Balaban J connectivity index is 1.72. The standard InChI is InChI=1S/C18H19F2N3O3S/c1-9-16(5-11-3-4-12(19)6-14(11)20)27-18(21-9)22-17(26)15-7-13(25)8-23(15)10(2)24/h3-4,6,13,15,25H,5,7-8H2,1-2H3,(H,21,22,26)/t13-,15-/m1/s1. The van der Waals surface area contributed by atoms with E-state index in [0.717, 1.165) is 10.9 Å². The summed E-state index contributed by atoms with van der Waals surface area (Å²) in [4.78, 5) is 30.5. The Hall–Kier alpha value is -2.39. The van der Waals surface area contributed by atoms with Gasteiger partial charge in [0.1, 0.15) is 17.7 Å². The number of aromatic nitrogens is 1. The number of rotatable bonds is 4. The zero-order chi connectivity index (χ0) is 19.7. The first-order valence-electron chi connectivity index (χ1n) is 8.41. The molecule has 2 N–H and O–H groups in total. The summed E-state index contributed by atoms with van der Waals surface area (Å²) in [6.07, 6.45) is -0.337. The molecule has 1 saturated heterocycles. The molecule has 0 spiro atoms. The summed E-state index contributed by atoms with van der Waals surface area (Å²) < 4.78 is 26.9. The van der Waals surface area contributed by atoms with E-state index in [1.54, 1.807) is 6.92 Å². The molecule has 144 valence electrons. The number of aliphatic hydroxyl groups excluding tert-OH is 1. The van der Waals surface area contributed by atoms with Crippen molar-refractivity contribution in [1.29, 1.82) is 0 Å². The number of carbonyl (C=O) groups excluding carboxylic acids is 2. The predicted octanol–water partition coefficient (Wildman–Crippen LogP) is 2.24. The first kappa shape index (κ1) is 19.4. The van der Waals surface area contributed by atoms with Crippen molar-refractivity contribution in [1.82, 2.24) is 9.88 Å². The van der Waals surface area contributed by atoms with Crippen molar-refractivity contribution in [2.45, 2.75) is 38.8 Å². The summed E-state index contributed by atoms with van der Waals surface area (Å²) >= 11 is 1.20. The number of β-amino-alcohol motifs (C(OH)–C–C–N with tert-alkyl or cyclic N) is 1. The van der Waals surface area contributed by atoms with Crippen molar-refractivity contribution in [2.24, 2.45) is 0 Å². The number of thiazole rings is 1. The molecular weight excluding hydrogens is 376 g/mol. The number of nitrogens with one attached hydrogen (secondary N) is 1. The van der Waals surface area contributed by atoms with Gasteiger partial charge in [0.25, 0.3) is 0 Å². The van der Waals surface area contributed by atoms with Crippen molar-refractivity contribution in [3.63, 3.8) is 0 Å². The quantitative estimate of drug-likeness (QED) is 0.832. The maximum atomic E-state index is 13.9. The van der Waals surface area contributed by atoms with Crippen LogP contribution >= 0.6 is 11.3 Å². The van der Waals surface area contributed by atoms with Crippen LogP contribution in [0, 0.1) is 18.6 Å². The van der Waals surface area contributed by atoms with Crippen LogP contribution in [0.15, 0.2) is 18.2 Å². The Kier molecular flexibility index (Phi) is 5.52. The number of aliphatic hydroxyl groups is 1. The Bertz CT molecular complexity index is 887. The number of amides is 2. The maximum absolute atomic E-state index is 13.9. The molecule has 1 aliphatic rings. The molecular formula is C18H19F2N3O3S. The minimum Gasteiger partial charge on any atom is -0.391 e. The molecule has 0 saturated carbocycles. The molecule has 3 rings (SSSR count). The lowest BCUT2D eigenvalue weighted by atomic mass is 10.1. The molecule has 2 amide bonds. The van der Waals surface area contributed by atoms with Crippen LogP contribution < -0.4 is 5.32 Å². The van der Waals surface area contributed by atoms with Crippen LogP contribution in [0.5, 0.6) is 0 Å². The highest BCUT2D eigenvalue weighted by Gasteiger charge is 2.37. The Morgan fingerprint density at radius 1 is 1.41 bits per heavy atom. The fraction of sp³-hybridized carbons (Fsp3) is 0.389. The summed E-state index contributed by atoms with van der Waals surface area (Å²) in [7, 11) is 0. The molecule has 27 heavy (non-hydrogen) atoms. The summed E-state index contributed by atoms with van der Waals surface area (Å²) in [6, 6.07) is 2.65. The molecule has 1 fully saturated rings. The summed E-state index contributed by atoms with van der Waals surface area (Å²) in [5, 5.41) is 12.7. The van der Waals surface area contributed by atoms with Crippen LogP contribution in [0.4, 0.5) is 13.9 Å². The van der Waals surface area contributed by atoms with E-state index in [1.807, 2.05) is 0 Å². The van der Waals surface area contributed by atoms with Gasteiger partial charge in [-0.15, -0.1) is 11.3 Å². The minimum atomic E-state index is -0.750. The smallest absolute Gasteiger partial charge is 0.249 e. The highest BCUT2D eigenvalue weighted by Crippen LogP contribution is 2.27. The first-order valence-corrected chi connectivity index (χ1v) is 9.22. The van der Waals surface area contributed by atoms with Gasteiger partial charge in [-0.3, -0.25) is 9.59 Å². The van der Waals surface area contributed by atoms with E-state index < -0.39 is 29.7 Å². The zero-order valence-corrected chi connectivity index (χ0v) is 15.6. The van der Waals surface area contributed by atoms with Crippen molar-refractivity contribution in [3.05, 3.63) is 46.0 Å². The minimum absolute atomic E-state index is 0.124. The van der Waals surface area contributed by atoms with Crippen LogP contribution in [-0.2, 0) is 16.0 Å². The van der Waals surface area contributed by atoms with Crippen molar-refractivity contribution in [3.8, 4) is 0 Å². The summed E-state index contributed by atoms with van der Waals surface area (Å²) in [5.41, 5.74) is 0.969. The average molecular weight is 395 g/mol. The van der Waals surface area contributed by atoms with Gasteiger partial charge in [0, 0.05) is 37.3 Å². The molecule has 2 aromatic rings. The lowest BCUT2D eigenvalue weighted by Gasteiger charge is -2.21. The molecule has 1 aromatic heterocycles. The number of halogens is 2. The van der Waals surface area contributed by atoms with Crippen LogP contribution in [0.25, 0.3) is 0 Å². The van der Waals surface area contributed by atoms with Crippen molar-refractivity contribution in [2.75, 3.05) is 11.9 Å². The molecule has 0 radical (unpaired) electrons. The molecule has 0 bridgehead atoms. The molecule has 9 heteroatoms. The Labute approximate surface area is 158 Å². The average Bonchev–Trinajstić information content (AvgIpc) is 3.13. The highest BCUT2D eigenvalue weighted by molar-refractivity contribution is 7.15. The van der Waals surface area contributed by atoms with Gasteiger partial charge >= 0.3 is 0 Å². The van der Waals surface area contributed by atoms with Crippen molar-refractivity contribution < 1.29 is 23.5 Å². The van der Waals surface area contributed by atoms with Gasteiger partial charge in [-0.2, -0.15) is 0 Å². The van der Waals surface area contributed by atoms with Crippen molar-refractivity contribution >= 4 is 28.3 Å². The monoisotopic (exact) mass is 395 g/mol. The number of aryl methyl sites for hydroxylation is 1. The van der Waals surface area contributed by atoms with Crippen LogP contribution in [0.1, 0.15) is 29.5 Å². The third kappa shape index (κ3) is 4.30. The summed E-state index contributed by atoms with van der Waals surface area (Å²) in [6.45, 7) is 3.21. The van der Waals surface area contributed by atoms with E-state index in [1.165, 1.54) is 35.3 Å². The normalized spacial score (nSPS) is 19.4. The SMILES string of the molecule is CC(=O)N1C[C@H](O)C[C@@H]1C(=O)Nc1nc(C)c(Cc2ccc(F)cc2F)s1. The van der Waals surface area contributed by atoms with E-state index in [0.29, 0.717) is 16.4 Å². The lowest BCUT2D eigenvalue weighted by molar-refractivity contribution is -0.134. The van der Waals surface area contributed by atoms with Gasteiger partial charge in [-0.1, -0.05) is 6.07 Å². The van der Waals surface area contributed by atoms with E-state index >= 15 is 0 Å². The second kappa shape index (κ2) is 7.69. The molecule has 0 unspecified atom stereocenters. The number of hydrogen-bond acceptors (Lipinski definition) is 5. The van der Waals surface area contributed by atoms with E-state index in [9.17, 15) is 23.5 Å². The highest BCUT2D eigenvalue weighted by atomic mass is 32.1. The number of benzene rings is 1. The largest absolute Gasteiger partial charge is 0.391 e. The Morgan fingerprint density at radius 2 is 2.15 bits per heavy atom. The molecule has 1 aromatic carbocycles. The third-order valence-corrected chi connectivity index (χ3v) is 5.55. The fourth-order valence-corrected chi connectivity index (χ4v) is 4.07. The number of carbonyl (C=O) groups is 2. The number of nitrogens with zero attached hydrogens (tertiary/aromatic N) is 2. The molecule has 2 atom stereocenters. The lowest BCUT2D eigenvalue weighted by Crippen LogP contribution is -2.42. The van der Waals surface area contributed by atoms with Crippen LogP contribution in [0.3, 0.4) is 0 Å². The summed E-state index contributed by atoms with van der Waals surface area (Å²) in [5.74, 6) is -1.98. The van der Waals surface area contributed by atoms with Gasteiger partial charge in [0.05, 0.1) is 11.8 Å². The zero-order valence-electron chi connectivity index (χ0n) is 14.8.